The summed E-state index contributed by atoms with van der Waals surface area (Å²) < 4.78 is 11.1. The summed E-state index contributed by atoms with van der Waals surface area (Å²) in [6, 6.07) is 36.6. The van der Waals surface area contributed by atoms with Crippen molar-refractivity contribution in [3.8, 4) is 23.0 Å². The first-order valence-corrected chi connectivity index (χ1v) is 18.6. The lowest BCUT2D eigenvalue weighted by atomic mass is 9.70. The number of aromatic nitrogens is 4. The van der Waals surface area contributed by atoms with Gasteiger partial charge in [0.25, 0.3) is 0 Å². The number of nitrogens with zero attached hydrogens (tertiary/aromatic N) is 4. The van der Waals surface area contributed by atoms with Gasteiger partial charge in [0.2, 0.25) is 0 Å². The molecule has 1 aliphatic carbocycles. The Kier molecular flexibility index (Phi) is 8.41. The molecule has 3 atom stereocenters. The first-order valence-electron chi connectivity index (χ1n) is 18.6. The van der Waals surface area contributed by atoms with Crippen LogP contribution in [0.3, 0.4) is 0 Å². The molecule has 0 aliphatic heterocycles. The Labute approximate surface area is 307 Å². The highest BCUT2D eigenvalue weighted by atomic mass is 16.5. The number of rotatable bonds is 6. The van der Waals surface area contributed by atoms with Crippen LogP contribution in [-0.4, -0.2) is 19.3 Å². The summed E-state index contributed by atoms with van der Waals surface area (Å²) >= 11 is 0. The quantitative estimate of drug-likeness (QED) is 0.164. The van der Waals surface area contributed by atoms with Crippen molar-refractivity contribution in [1.29, 1.82) is 0 Å². The topological polar surface area (TPSA) is 44.9 Å². The lowest BCUT2D eigenvalue weighted by Crippen LogP contribution is -2.20. The van der Waals surface area contributed by atoms with Crippen LogP contribution in [0.4, 0.5) is 0 Å². The van der Waals surface area contributed by atoms with E-state index < -0.39 is 0 Å². The van der Waals surface area contributed by atoms with Crippen molar-refractivity contribution in [3.63, 3.8) is 0 Å². The molecule has 262 valence electrons. The fourth-order valence-electron chi connectivity index (χ4n) is 8.59. The molecule has 1 unspecified atom stereocenters. The summed E-state index contributed by atoms with van der Waals surface area (Å²) in [6.45, 7) is 17.9. The van der Waals surface area contributed by atoms with Gasteiger partial charge in [-0.2, -0.15) is 5.10 Å². The van der Waals surface area contributed by atoms with Gasteiger partial charge in [-0.25, -0.2) is 9.67 Å². The minimum absolute atomic E-state index is 0.00937. The highest BCUT2D eigenvalue weighted by Gasteiger charge is 2.33. The van der Waals surface area contributed by atoms with E-state index in [-0.39, 0.29) is 5.41 Å². The smallest absolute Gasteiger partial charge is 0.137 e. The molecule has 0 fully saturated rings. The molecule has 3 heterocycles. The molecule has 8 rings (SSSR count). The number of fused-ring (bicyclic) bond motifs is 3. The van der Waals surface area contributed by atoms with Gasteiger partial charge < -0.3 is 4.74 Å². The van der Waals surface area contributed by atoms with Gasteiger partial charge in [-0.05, 0) is 105 Å². The fraction of sp³-hybridized carbons (Fsp3) is 0.277. The minimum Gasteiger partial charge on any atom is -0.457 e. The van der Waals surface area contributed by atoms with Crippen LogP contribution in [0, 0.1) is 26.7 Å². The minimum atomic E-state index is 0.00937. The van der Waals surface area contributed by atoms with Crippen LogP contribution in [0.2, 0.25) is 0 Å². The molecular weight excluding hydrogens is 637 g/mol. The standard InChI is InChI=1S/C47H48N4O/c1-29-22-37(51-33(5)46(32(4)49-51)45-30(2)24-35(25-31(45)3)34-14-10-9-11-15-34)27-39(23-29)52-38-18-19-41-40-16-12-13-17-42(40)50(43(41)28-38)44-26-36(20-21-48-44)47(6,7)8/h9-24,26-28,31,35,45H,25H2,1-8H3/t31-,35-,45?/m0/s1. The maximum Gasteiger partial charge on any atom is 0.137 e. The van der Waals surface area contributed by atoms with Crippen molar-refractivity contribution < 1.29 is 4.74 Å². The Balaban J connectivity index is 1.15. The maximum absolute atomic E-state index is 6.69. The molecule has 4 aromatic carbocycles. The van der Waals surface area contributed by atoms with Crippen LogP contribution in [-0.2, 0) is 5.41 Å². The molecule has 5 nitrogen and oxygen atoms in total. The average Bonchev–Trinajstić information content (AvgIpc) is 3.60. The SMILES string of the molecule is CC1=C[C@H](c2ccccc2)C[C@H](C)C1c1c(C)nn(-c2cc(C)cc(Oc3ccc4c5ccccc5n(-c5cc(C(C)(C)C)ccn5)c4c3)c2)c1C. The van der Waals surface area contributed by atoms with E-state index in [1.165, 1.54) is 38.7 Å². The maximum atomic E-state index is 6.69. The highest BCUT2D eigenvalue weighted by molar-refractivity contribution is 6.09. The van der Waals surface area contributed by atoms with Gasteiger partial charge in [-0.15, -0.1) is 0 Å². The van der Waals surface area contributed by atoms with E-state index in [1.54, 1.807) is 0 Å². The Morgan fingerprint density at radius 2 is 1.50 bits per heavy atom. The second-order valence-electron chi connectivity index (χ2n) is 15.9. The number of hydrogen-bond donors (Lipinski definition) is 0. The average molecular weight is 685 g/mol. The molecular formula is C47H48N4O. The first-order chi connectivity index (χ1) is 25.0. The van der Waals surface area contributed by atoms with Gasteiger partial charge in [0.15, 0.2) is 0 Å². The lowest BCUT2D eigenvalue weighted by molar-refractivity contribution is 0.420. The molecule has 0 saturated carbocycles. The zero-order valence-electron chi connectivity index (χ0n) is 31.6. The van der Waals surface area contributed by atoms with Crippen molar-refractivity contribution in [1.82, 2.24) is 19.3 Å². The van der Waals surface area contributed by atoms with E-state index in [4.69, 9.17) is 14.8 Å². The van der Waals surface area contributed by atoms with E-state index >= 15 is 0 Å². The lowest BCUT2D eigenvalue weighted by Gasteiger charge is -2.34. The third-order valence-electron chi connectivity index (χ3n) is 11.0. The van der Waals surface area contributed by atoms with E-state index in [2.05, 4.69) is 174 Å². The van der Waals surface area contributed by atoms with Crippen LogP contribution in [0.5, 0.6) is 11.5 Å². The second kappa shape index (κ2) is 13.0. The summed E-state index contributed by atoms with van der Waals surface area (Å²) in [5.74, 6) is 3.75. The summed E-state index contributed by atoms with van der Waals surface area (Å²) in [5.41, 5.74) is 12.0. The predicted molar refractivity (Wildman–Crippen MR) is 215 cm³/mol. The first kappa shape index (κ1) is 33.7. The zero-order valence-corrected chi connectivity index (χ0v) is 31.6. The molecule has 5 heteroatoms. The van der Waals surface area contributed by atoms with Crippen LogP contribution >= 0.6 is 0 Å². The number of benzene rings is 4. The third kappa shape index (κ3) is 6.02. The van der Waals surface area contributed by atoms with Crippen molar-refractivity contribution >= 4 is 21.8 Å². The third-order valence-corrected chi connectivity index (χ3v) is 11.0. The predicted octanol–water partition coefficient (Wildman–Crippen LogP) is 12.2. The molecule has 0 saturated heterocycles. The van der Waals surface area contributed by atoms with Gasteiger partial charge in [0.1, 0.15) is 17.3 Å². The number of allylic oxidation sites excluding steroid dienone is 2. The van der Waals surface area contributed by atoms with E-state index in [1.807, 2.05) is 6.20 Å². The van der Waals surface area contributed by atoms with Crippen molar-refractivity contribution in [3.05, 3.63) is 155 Å². The molecule has 52 heavy (non-hydrogen) atoms. The van der Waals surface area contributed by atoms with Crippen LogP contribution < -0.4 is 4.74 Å². The van der Waals surface area contributed by atoms with Crippen LogP contribution in [0.25, 0.3) is 33.3 Å². The van der Waals surface area contributed by atoms with Crippen LogP contribution in [0.15, 0.2) is 121 Å². The Morgan fingerprint density at radius 3 is 2.27 bits per heavy atom. The molecule has 0 spiro atoms. The van der Waals surface area contributed by atoms with Gasteiger partial charge in [-0.3, -0.25) is 4.57 Å². The van der Waals surface area contributed by atoms with Gasteiger partial charge >= 0.3 is 0 Å². The fourth-order valence-corrected chi connectivity index (χ4v) is 8.59. The molecule has 0 radical (unpaired) electrons. The molecule has 1 aliphatic rings. The molecule has 0 N–H and O–H groups in total. The molecule has 3 aromatic heterocycles. The van der Waals surface area contributed by atoms with Crippen molar-refractivity contribution in [2.45, 2.75) is 79.1 Å². The number of pyridine rings is 1. The largest absolute Gasteiger partial charge is 0.457 e. The summed E-state index contributed by atoms with van der Waals surface area (Å²) in [6.07, 6.45) is 5.53. The number of aryl methyl sites for hydroxylation is 2. The second-order valence-corrected chi connectivity index (χ2v) is 15.9. The summed E-state index contributed by atoms with van der Waals surface area (Å²) in [7, 11) is 0. The molecule has 0 bridgehead atoms. The van der Waals surface area contributed by atoms with Gasteiger partial charge in [0, 0.05) is 52.2 Å². The Morgan fingerprint density at radius 1 is 0.750 bits per heavy atom. The number of ether oxygens (including phenoxy) is 1. The van der Waals surface area contributed by atoms with Gasteiger partial charge in [-0.1, -0.05) is 87.9 Å². The van der Waals surface area contributed by atoms with Crippen LogP contribution in [0.1, 0.15) is 86.5 Å². The van der Waals surface area contributed by atoms with E-state index in [9.17, 15) is 0 Å². The number of para-hydroxylation sites is 1. The van der Waals surface area contributed by atoms with E-state index in [0.717, 1.165) is 51.7 Å². The zero-order chi connectivity index (χ0) is 36.3. The summed E-state index contributed by atoms with van der Waals surface area (Å²) in [5, 5.41) is 7.51. The Hall–Kier alpha value is -5.42. The van der Waals surface area contributed by atoms with Crippen molar-refractivity contribution in [2.75, 3.05) is 0 Å². The normalized spacial score (nSPS) is 17.8. The monoisotopic (exact) mass is 684 g/mol. The Bertz CT molecular complexity index is 2480. The van der Waals surface area contributed by atoms with Crippen molar-refractivity contribution in [2.24, 2.45) is 5.92 Å². The molecule has 7 aromatic rings. The molecule has 0 amide bonds. The van der Waals surface area contributed by atoms with E-state index in [0.29, 0.717) is 17.8 Å². The van der Waals surface area contributed by atoms with Gasteiger partial charge in [0.05, 0.1) is 22.4 Å². The number of hydrogen-bond acceptors (Lipinski definition) is 3. The highest BCUT2D eigenvalue weighted by Crippen LogP contribution is 2.46. The summed E-state index contributed by atoms with van der Waals surface area (Å²) in [4.78, 5) is 4.85.